The molecule has 0 spiro atoms. The van der Waals surface area contributed by atoms with E-state index in [1.807, 2.05) is 6.07 Å². The molecule has 1 fully saturated rings. The number of anilines is 1. The number of hydrogen-bond acceptors (Lipinski definition) is 3. The molecule has 2 heterocycles. The van der Waals surface area contributed by atoms with Gasteiger partial charge in [-0.05, 0) is 49.9 Å². The first kappa shape index (κ1) is 14.8. The molecule has 2 N–H and O–H groups in total. The number of H-pyrrole nitrogens is 1. The Morgan fingerprint density at radius 1 is 1.23 bits per heavy atom. The number of ether oxygens (including phenoxy) is 1. The minimum Gasteiger partial charge on any atom is -0.381 e. The van der Waals surface area contributed by atoms with Crippen molar-refractivity contribution in [2.45, 2.75) is 27.2 Å². The fraction of sp³-hybridized carbons (Fsp3) is 0.412. The third-order valence-corrected chi connectivity index (χ3v) is 4.26. The SMILES string of the molecule is Cc1cc(C)c(-c2cc(NC(=O)C3CCOC3)n[nH]2)cc1C. The van der Waals surface area contributed by atoms with Gasteiger partial charge in [0.1, 0.15) is 0 Å². The topological polar surface area (TPSA) is 67.0 Å². The van der Waals surface area contributed by atoms with Gasteiger partial charge in [0.15, 0.2) is 5.82 Å². The van der Waals surface area contributed by atoms with Gasteiger partial charge in [0, 0.05) is 18.2 Å². The Kier molecular flexibility index (Phi) is 3.98. The number of benzene rings is 1. The summed E-state index contributed by atoms with van der Waals surface area (Å²) in [5, 5.41) is 10.1. The zero-order valence-corrected chi connectivity index (χ0v) is 13.2. The molecule has 0 aliphatic carbocycles. The lowest BCUT2D eigenvalue weighted by atomic mass is 9.99. The number of nitrogens with zero attached hydrogens (tertiary/aromatic N) is 1. The highest BCUT2D eigenvalue weighted by Gasteiger charge is 2.24. The second kappa shape index (κ2) is 5.93. The molecule has 5 heteroatoms. The molecule has 2 aromatic rings. The Morgan fingerprint density at radius 3 is 2.73 bits per heavy atom. The maximum Gasteiger partial charge on any atom is 0.231 e. The normalized spacial score (nSPS) is 17.7. The van der Waals surface area contributed by atoms with Gasteiger partial charge in [-0.1, -0.05) is 6.07 Å². The molecular weight excluding hydrogens is 278 g/mol. The fourth-order valence-corrected chi connectivity index (χ4v) is 2.74. The highest BCUT2D eigenvalue weighted by Crippen LogP contribution is 2.26. The molecule has 1 unspecified atom stereocenters. The summed E-state index contributed by atoms with van der Waals surface area (Å²) in [7, 11) is 0. The molecule has 3 rings (SSSR count). The van der Waals surface area contributed by atoms with Crippen molar-refractivity contribution in [1.29, 1.82) is 0 Å². The van der Waals surface area contributed by atoms with E-state index in [1.165, 1.54) is 16.7 Å². The molecule has 0 saturated carbocycles. The number of aromatic nitrogens is 2. The van der Waals surface area contributed by atoms with Crippen molar-refractivity contribution in [2.24, 2.45) is 5.92 Å². The Labute approximate surface area is 130 Å². The minimum absolute atomic E-state index is 0.0210. The van der Waals surface area contributed by atoms with E-state index in [1.54, 1.807) is 0 Å². The van der Waals surface area contributed by atoms with Crippen molar-refractivity contribution in [3.63, 3.8) is 0 Å². The van der Waals surface area contributed by atoms with Crippen LogP contribution in [0.4, 0.5) is 5.82 Å². The van der Waals surface area contributed by atoms with Gasteiger partial charge in [-0.25, -0.2) is 0 Å². The molecule has 1 aliphatic rings. The second-order valence-electron chi connectivity index (χ2n) is 5.97. The average molecular weight is 299 g/mol. The number of rotatable bonds is 3. The van der Waals surface area contributed by atoms with Crippen LogP contribution in [0.1, 0.15) is 23.1 Å². The number of carbonyl (C=O) groups excluding carboxylic acids is 1. The standard InChI is InChI=1S/C17H21N3O2/c1-10-6-12(3)14(7-11(10)2)15-8-16(20-19-15)18-17(21)13-4-5-22-9-13/h6-8,13H,4-5,9H2,1-3H3,(H2,18,19,20,21). The van der Waals surface area contributed by atoms with Crippen LogP contribution in [-0.4, -0.2) is 29.3 Å². The highest BCUT2D eigenvalue weighted by molar-refractivity contribution is 5.92. The lowest BCUT2D eigenvalue weighted by Gasteiger charge is -2.08. The van der Waals surface area contributed by atoms with Crippen molar-refractivity contribution in [3.8, 4) is 11.3 Å². The summed E-state index contributed by atoms with van der Waals surface area (Å²) in [4.78, 5) is 12.1. The quantitative estimate of drug-likeness (QED) is 0.915. The van der Waals surface area contributed by atoms with Gasteiger partial charge in [-0.2, -0.15) is 5.10 Å². The van der Waals surface area contributed by atoms with Gasteiger partial charge in [0.05, 0.1) is 18.2 Å². The van der Waals surface area contributed by atoms with Crippen molar-refractivity contribution in [3.05, 3.63) is 34.9 Å². The minimum atomic E-state index is -0.0662. The monoisotopic (exact) mass is 299 g/mol. The first-order valence-corrected chi connectivity index (χ1v) is 7.57. The number of aryl methyl sites for hydroxylation is 3. The van der Waals surface area contributed by atoms with E-state index in [9.17, 15) is 4.79 Å². The molecule has 1 aromatic carbocycles. The summed E-state index contributed by atoms with van der Waals surface area (Å²) in [5.41, 5.74) is 5.73. The lowest BCUT2D eigenvalue weighted by Crippen LogP contribution is -2.22. The zero-order chi connectivity index (χ0) is 15.7. The van der Waals surface area contributed by atoms with Crippen LogP contribution in [0.25, 0.3) is 11.3 Å². The van der Waals surface area contributed by atoms with E-state index in [0.29, 0.717) is 19.0 Å². The molecule has 1 amide bonds. The van der Waals surface area contributed by atoms with E-state index < -0.39 is 0 Å². The van der Waals surface area contributed by atoms with Crippen LogP contribution < -0.4 is 5.32 Å². The molecule has 1 atom stereocenters. The van der Waals surface area contributed by atoms with Gasteiger partial charge < -0.3 is 10.1 Å². The van der Waals surface area contributed by atoms with Gasteiger partial charge >= 0.3 is 0 Å². The van der Waals surface area contributed by atoms with Crippen LogP contribution in [0.15, 0.2) is 18.2 Å². The van der Waals surface area contributed by atoms with Crippen molar-refractivity contribution < 1.29 is 9.53 Å². The van der Waals surface area contributed by atoms with Crippen LogP contribution >= 0.6 is 0 Å². The van der Waals surface area contributed by atoms with Gasteiger partial charge in [-0.15, -0.1) is 0 Å². The molecule has 1 saturated heterocycles. The third kappa shape index (κ3) is 2.90. The van der Waals surface area contributed by atoms with Crippen LogP contribution in [-0.2, 0) is 9.53 Å². The van der Waals surface area contributed by atoms with Crippen LogP contribution in [0.2, 0.25) is 0 Å². The van der Waals surface area contributed by atoms with E-state index in [2.05, 4.69) is 48.4 Å². The van der Waals surface area contributed by atoms with Gasteiger partial charge in [0.2, 0.25) is 5.91 Å². The van der Waals surface area contributed by atoms with E-state index in [-0.39, 0.29) is 11.8 Å². The molecule has 1 aliphatic heterocycles. The second-order valence-corrected chi connectivity index (χ2v) is 5.97. The van der Waals surface area contributed by atoms with Crippen molar-refractivity contribution in [2.75, 3.05) is 18.5 Å². The maximum atomic E-state index is 12.1. The molecule has 22 heavy (non-hydrogen) atoms. The largest absolute Gasteiger partial charge is 0.381 e. The molecule has 0 radical (unpaired) electrons. The van der Waals surface area contributed by atoms with E-state index in [4.69, 9.17) is 4.74 Å². The summed E-state index contributed by atoms with van der Waals surface area (Å²) < 4.78 is 5.24. The van der Waals surface area contributed by atoms with Crippen LogP contribution in [0, 0.1) is 26.7 Å². The summed E-state index contributed by atoms with van der Waals surface area (Å²) in [6.07, 6.45) is 0.777. The Hall–Kier alpha value is -2.14. The summed E-state index contributed by atoms with van der Waals surface area (Å²) in [6, 6.07) is 6.19. The number of aromatic amines is 1. The number of amides is 1. The molecule has 5 nitrogen and oxygen atoms in total. The van der Waals surface area contributed by atoms with E-state index >= 15 is 0 Å². The lowest BCUT2D eigenvalue weighted by molar-refractivity contribution is -0.119. The summed E-state index contributed by atoms with van der Waals surface area (Å²) in [5.74, 6) is 0.473. The summed E-state index contributed by atoms with van der Waals surface area (Å²) >= 11 is 0. The first-order chi connectivity index (χ1) is 10.5. The fourth-order valence-electron chi connectivity index (χ4n) is 2.74. The predicted octanol–water partition coefficient (Wildman–Crippen LogP) is 2.98. The molecule has 1 aromatic heterocycles. The Morgan fingerprint density at radius 2 is 2.00 bits per heavy atom. The number of hydrogen-bond donors (Lipinski definition) is 2. The third-order valence-electron chi connectivity index (χ3n) is 4.26. The van der Waals surface area contributed by atoms with Gasteiger partial charge in [-0.3, -0.25) is 9.89 Å². The van der Waals surface area contributed by atoms with Crippen LogP contribution in [0.5, 0.6) is 0 Å². The smallest absolute Gasteiger partial charge is 0.231 e. The molecular formula is C17H21N3O2. The Bertz CT molecular complexity index is 700. The molecule has 116 valence electrons. The Balaban J connectivity index is 1.79. The van der Waals surface area contributed by atoms with Crippen molar-refractivity contribution >= 4 is 11.7 Å². The van der Waals surface area contributed by atoms with Crippen LogP contribution in [0.3, 0.4) is 0 Å². The average Bonchev–Trinajstić information content (AvgIpc) is 3.14. The number of nitrogens with one attached hydrogen (secondary N) is 2. The molecule has 0 bridgehead atoms. The highest BCUT2D eigenvalue weighted by atomic mass is 16.5. The van der Waals surface area contributed by atoms with E-state index in [0.717, 1.165) is 17.7 Å². The number of carbonyl (C=O) groups is 1. The van der Waals surface area contributed by atoms with Crippen molar-refractivity contribution in [1.82, 2.24) is 10.2 Å². The summed E-state index contributed by atoms with van der Waals surface area (Å²) in [6.45, 7) is 7.44. The predicted molar refractivity (Wildman–Crippen MR) is 85.8 cm³/mol. The maximum absolute atomic E-state index is 12.1. The van der Waals surface area contributed by atoms with Gasteiger partial charge in [0.25, 0.3) is 0 Å². The zero-order valence-electron chi connectivity index (χ0n) is 13.2. The first-order valence-electron chi connectivity index (χ1n) is 7.57.